The fourth-order valence-electron chi connectivity index (χ4n) is 2.10. The van der Waals surface area contributed by atoms with Crippen molar-refractivity contribution >= 4 is 11.7 Å². The van der Waals surface area contributed by atoms with E-state index in [9.17, 15) is 4.79 Å². The summed E-state index contributed by atoms with van der Waals surface area (Å²) in [7, 11) is 0. The fourth-order valence-corrected chi connectivity index (χ4v) is 2.10. The molecule has 0 bridgehead atoms. The highest BCUT2D eigenvalue weighted by molar-refractivity contribution is 5.65. The van der Waals surface area contributed by atoms with Gasteiger partial charge in [0.15, 0.2) is 0 Å². The molecule has 0 N–H and O–H groups in total. The third-order valence-electron chi connectivity index (χ3n) is 3.16. The van der Waals surface area contributed by atoms with E-state index in [1.54, 1.807) is 0 Å². The summed E-state index contributed by atoms with van der Waals surface area (Å²) in [4.78, 5) is 13.0. The predicted molar refractivity (Wildman–Crippen MR) is 87.2 cm³/mol. The van der Waals surface area contributed by atoms with Crippen molar-refractivity contribution in [2.75, 3.05) is 31.2 Å². The van der Waals surface area contributed by atoms with Crippen LogP contribution in [0.1, 0.15) is 6.92 Å². The Morgan fingerprint density at radius 3 is 2.14 bits per heavy atom. The third-order valence-corrected chi connectivity index (χ3v) is 3.16. The number of benzene rings is 2. The minimum Gasteiger partial charge on any atom is -0.492 e. The lowest BCUT2D eigenvalue weighted by Gasteiger charge is -2.24. The standard InChI is InChI=1S/C18H21NO3/c1-16(20)21-14-12-19(17-8-4-2-5-9-17)13-15-22-18-10-6-3-7-11-18/h2-11H,12-15H2,1H3. The normalized spacial score (nSPS) is 10.0. The lowest BCUT2D eigenvalue weighted by atomic mass is 10.3. The minimum absolute atomic E-state index is 0.256. The molecule has 0 fully saturated rings. The SMILES string of the molecule is CC(=O)OCCN(CCOc1ccccc1)c1ccccc1. The Hall–Kier alpha value is -2.49. The van der Waals surface area contributed by atoms with Gasteiger partial charge >= 0.3 is 5.97 Å². The topological polar surface area (TPSA) is 38.8 Å². The van der Waals surface area contributed by atoms with Crippen molar-refractivity contribution in [3.05, 3.63) is 60.7 Å². The molecule has 0 saturated heterocycles. The zero-order chi connectivity index (χ0) is 15.6. The van der Waals surface area contributed by atoms with Crippen molar-refractivity contribution in [2.45, 2.75) is 6.92 Å². The Morgan fingerprint density at radius 1 is 0.909 bits per heavy atom. The molecule has 0 amide bonds. The number of carbonyl (C=O) groups excluding carboxylic acids is 1. The van der Waals surface area contributed by atoms with E-state index in [1.807, 2.05) is 60.7 Å². The highest BCUT2D eigenvalue weighted by Crippen LogP contribution is 2.13. The predicted octanol–water partition coefficient (Wildman–Crippen LogP) is 3.14. The number of ether oxygens (including phenoxy) is 2. The van der Waals surface area contributed by atoms with Crippen LogP contribution in [0, 0.1) is 0 Å². The van der Waals surface area contributed by atoms with Gasteiger partial charge in [0.2, 0.25) is 0 Å². The number of rotatable bonds is 8. The molecular formula is C18H21NO3. The molecule has 2 aromatic carbocycles. The molecule has 0 spiro atoms. The molecule has 22 heavy (non-hydrogen) atoms. The smallest absolute Gasteiger partial charge is 0.302 e. The van der Waals surface area contributed by atoms with Gasteiger partial charge in [-0.15, -0.1) is 0 Å². The van der Waals surface area contributed by atoms with Crippen LogP contribution in [0.25, 0.3) is 0 Å². The Balaban J connectivity index is 1.88. The Labute approximate surface area is 131 Å². The number of hydrogen-bond acceptors (Lipinski definition) is 4. The van der Waals surface area contributed by atoms with Crippen molar-refractivity contribution < 1.29 is 14.3 Å². The first-order chi connectivity index (χ1) is 10.8. The van der Waals surface area contributed by atoms with Crippen LogP contribution in [0.5, 0.6) is 5.75 Å². The molecule has 4 nitrogen and oxygen atoms in total. The third kappa shape index (κ3) is 5.48. The van der Waals surface area contributed by atoms with Gasteiger partial charge in [-0.05, 0) is 24.3 Å². The lowest BCUT2D eigenvalue weighted by molar-refractivity contribution is -0.140. The van der Waals surface area contributed by atoms with Crippen LogP contribution in [-0.4, -0.2) is 32.3 Å². The van der Waals surface area contributed by atoms with Gasteiger partial charge in [0.1, 0.15) is 19.0 Å². The summed E-state index contributed by atoms with van der Waals surface area (Å²) in [6.45, 7) is 3.72. The monoisotopic (exact) mass is 299 g/mol. The average Bonchev–Trinajstić information content (AvgIpc) is 2.55. The van der Waals surface area contributed by atoms with E-state index in [4.69, 9.17) is 9.47 Å². The second kappa shape index (κ2) is 8.72. The molecule has 4 heteroatoms. The van der Waals surface area contributed by atoms with E-state index >= 15 is 0 Å². The van der Waals surface area contributed by atoms with Crippen LogP contribution in [0.4, 0.5) is 5.69 Å². The molecule has 0 unspecified atom stereocenters. The maximum atomic E-state index is 10.9. The summed E-state index contributed by atoms with van der Waals surface area (Å²) >= 11 is 0. The molecule has 0 aliphatic heterocycles. The van der Waals surface area contributed by atoms with Gasteiger partial charge < -0.3 is 14.4 Å². The fraction of sp³-hybridized carbons (Fsp3) is 0.278. The van der Waals surface area contributed by atoms with Crippen molar-refractivity contribution in [1.82, 2.24) is 0 Å². The largest absolute Gasteiger partial charge is 0.492 e. The van der Waals surface area contributed by atoms with E-state index in [1.165, 1.54) is 6.92 Å². The lowest BCUT2D eigenvalue weighted by Crippen LogP contribution is -2.32. The van der Waals surface area contributed by atoms with Gasteiger partial charge in [0.25, 0.3) is 0 Å². The highest BCUT2D eigenvalue weighted by Gasteiger charge is 2.07. The van der Waals surface area contributed by atoms with Crippen molar-refractivity contribution in [2.24, 2.45) is 0 Å². The van der Waals surface area contributed by atoms with Crippen LogP contribution in [0.2, 0.25) is 0 Å². The summed E-state index contributed by atoms with van der Waals surface area (Å²) in [5.74, 6) is 0.601. The second-order valence-corrected chi connectivity index (χ2v) is 4.82. The second-order valence-electron chi connectivity index (χ2n) is 4.82. The van der Waals surface area contributed by atoms with Crippen LogP contribution in [0.3, 0.4) is 0 Å². The summed E-state index contributed by atoms with van der Waals surface area (Å²) in [6.07, 6.45) is 0. The van der Waals surface area contributed by atoms with E-state index < -0.39 is 0 Å². The van der Waals surface area contributed by atoms with Gasteiger partial charge in [0.05, 0.1) is 13.1 Å². The quantitative estimate of drug-likeness (QED) is 0.702. The molecule has 0 aliphatic carbocycles. The molecule has 0 radical (unpaired) electrons. The molecule has 0 aromatic heterocycles. The van der Waals surface area contributed by atoms with Crippen molar-refractivity contribution in [3.63, 3.8) is 0 Å². The summed E-state index contributed by atoms with van der Waals surface area (Å²) in [5.41, 5.74) is 1.09. The van der Waals surface area contributed by atoms with Gasteiger partial charge in [-0.25, -0.2) is 0 Å². The number of anilines is 1. The first-order valence-electron chi connectivity index (χ1n) is 7.37. The molecule has 0 heterocycles. The maximum Gasteiger partial charge on any atom is 0.302 e. The molecule has 0 atom stereocenters. The zero-order valence-electron chi connectivity index (χ0n) is 12.8. The van der Waals surface area contributed by atoms with Gasteiger partial charge in [-0.3, -0.25) is 4.79 Å². The number of hydrogen-bond donors (Lipinski definition) is 0. The Kier molecular flexibility index (Phi) is 6.30. The molecule has 0 saturated carbocycles. The summed E-state index contributed by atoms with van der Waals surface area (Å²) in [5, 5.41) is 0. The van der Waals surface area contributed by atoms with E-state index in [0.717, 1.165) is 18.0 Å². The number of nitrogens with zero attached hydrogens (tertiary/aromatic N) is 1. The molecular weight excluding hydrogens is 278 g/mol. The van der Waals surface area contributed by atoms with E-state index in [0.29, 0.717) is 19.8 Å². The average molecular weight is 299 g/mol. The number of esters is 1. The molecule has 0 aliphatic rings. The van der Waals surface area contributed by atoms with Crippen LogP contribution in [0.15, 0.2) is 60.7 Å². The van der Waals surface area contributed by atoms with E-state index in [2.05, 4.69) is 4.90 Å². The molecule has 2 rings (SSSR count). The van der Waals surface area contributed by atoms with E-state index in [-0.39, 0.29) is 5.97 Å². The van der Waals surface area contributed by atoms with Crippen molar-refractivity contribution in [3.8, 4) is 5.75 Å². The van der Waals surface area contributed by atoms with Gasteiger partial charge in [-0.1, -0.05) is 36.4 Å². The first-order valence-corrected chi connectivity index (χ1v) is 7.37. The minimum atomic E-state index is -0.256. The Bertz CT molecular complexity index is 557. The molecule has 116 valence electrons. The van der Waals surface area contributed by atoms with Crippen LogP contribution >= 0.6 is 0 Å². The Morgan fingerprint density at radius 2 is 1.50 bits per heavy atom. The summed E-state index contributed by atoms with van der Waals surface area (Å²) < 4.78 is 10.8. The molecule has 2 aromatic rings. The number of carbonyl (C=O) groups is 1. The number of para-hydroxylation sites is 2. The van der Waals surface area contributed by atoms with Crippen molar-refractivity contribution in [1.29, 1.82) is 0 Å². The summed E-state index contributed by atoms with van der Waals surface area (Å²) in [6, 6.07) is 19.8. The first kappa shape index (κ1) is 15.9. The zero-order valence-corrected chi connectivity index (χ0v) is 12.8. The van der Waals surface area contributed by atoms with Gasteiger partial charge in [0, 0.05) is 12.6 Å². The van der Waals surface area contributed by atoms with Crippen LogP contribution < -0.4 is 9.64 Å². The van der Waals surface area contributed by atoms with Crippen LogP contribution in [-0.2, 0) is 9.53 Å². The van der Waals surface area contributed by atoms with Gasteiger partial charge in [-0.2, -0.15) is 0 Å². The maximum absolute atomic E-state index is 10.9. The highest BCUT2D eigenvalue weighted by atomic mass is 16.5.